The Labute approximate surface area is 121 Å². The Hall–Kier alpha value is -1.36. The highest BCUT2D eigenvalue weighted by atomic mass is 15.3. The summed E-state index contributed by atoms with van der Waals surface area (Å²) in [6, 6.07) is 0.601. The predicted molar refractivity (Wildman–Crippen MR) is 82.1 cm³/mol. The second-order valence-corrected chi connectivity index (χ2v) is 6.40. The number of nitrogens with zero attached hydrogens (tertiary/aromatic N) is 4. The number of nitrogen functional groups attached to an aromatic ring is 1. The van der Waals surface area contributed by atoms with Crippen molar-refractivity contribution >= 4 is 11.6 Å². The van der Waals surface area contributed by atoms with E-state index in [0.717, 1.165) is 30.3 Å². The van der Waals surface area contributed by atoms with Crippen LogP contribution in [0.15, 0.2) is 0 Å². The topological polar surface area (TPSA) is 58.3 Å². The Morgan fingerprint density at radius 2 is 1.95 bits per heavy atom. The highest BCUT2D eigenvalue weighted by Crippen LogP contribution is 2.39. The van der Waals surface area contributed by atoms with Crippen LogP contribution >= 0.6 is 0 Å². The first kappa shape index (κ1) is 13.6. The van der Waals surface area contributed by atoms with Crippen LogP contribution in [0, 0.1) is 6.92 Å². The molecule has 3 rings (SSSR count). The summed E-state index contributed by atoms with van der Waals surface area (Å²) in [5, 5.41) is 0. The van der Waals surface area contributed by atoms with Crippen molar-refractivity contribution < 1.29 is 0 Å². The van der Waals surface area contributed by atoms with Gasteiger partial charge in [-0.1, -0.05) is 0 Å². The van der Waals surface area contributed by atoms with Crippen molar-refractivity contribution in [3.63, 3.8) is 0 Å². The van der Waals surface area contributed by atoms with Crippen molar-refractivity contribution in [3.05, 3.63) is 11.4 Å². The number of likely N-dealkylation sites (N-methyl/N-ethyl adjacent to an activating group) is 1. The molecular weight excluding hydrogens is 250 g/mol. The molecule has 2 N–H and O–H groups in total. The molecule has 0 spiro atoms. The Morgan fingerprint density at radius 1 is 1.20 bits per heavy atom. The number of hydrogen-bond acceptors (Lipinski definition) is 5. The van der Waals surface area contributed by atoms with Crippen LogP contribution in [-0.4, -0.2) is 48.1 Å². The molecule has 1 aromatic rings. The second kappa shape index (κ2) is 5.20. The molecule has 2 aliphatic rings. The lowest BCUT2D eigenvalue weighted by molar-refractivity contribution is 0.257. The monoisotopic (exact) mass is 275 g/mol. The van der Waals surface area contributed by atoms with Gasteiger partial charge in [-0.25, -0.2) is 9.97 Å². The second-order valence-electron chi connectivity index (χ2n) is 6.40. The van der Waals surface area contributed by atoms with E-state index in [1.165, 1.54) is 25.7 Å². The third-order valence-electron chi connectivity index (χ3n) is 4.54. The summed E-state index contributed by atoms with van der Waals surface area (Å²) in [5.41, 5.74) is 7.14. The van der Waals surface area contributed by atoms with Gasteiger partial charge in [0.25, 0.3) is 0 Å². The van der Waals surface area contributed by atoms with E-state index in [1.807, 2.05) is 6.92 Å². The predicted octanol–water partition coefficient (Wildman–Crippen LogP) is 1.78. The van der Waals surface area contributed by atoms with Gasteiger partial charge in [0.2, 0.25) is 0 Å². The molecule has 0 aromatic carbocycles. The van der Waals surface area contributed by atoms with Crippen LogP contribution in [0.2, 0.25) is 0 Å². The highest BCUT2D eigenvalue weighted by molar-refractivity contribution is 5.57. The van der Waals surface area contributed by atoms with Gasteiger partial charge >= 0.3 is 0 Å². The lowest BCUT2D eigenvalue weighted by Gasteiger charge is -2.37. The van der Waals surface area contributed by atoms with Gasteiger partial charge < -0.3 is 15.5 Å². The van der Waals surface area contributed by atoms with E-state index in [1.54, 1.807) is 0 Å². The molecule has 1 aliphatic heterocycles. The third-order valence-corrected chi connectivity index (χ3v) is 4.54. The molecule has 110 valence electrons. The molecule has 5 heteroatoms. The maximum atomic E-state index is 6.10. The summed E-state index contributed by atoms with van der Waals surface area (Å²) in [6.07, 6.45) is 4.90. The average molecular weight is 275 g/mol. The van der Waals surface area contributed by atoms with Crippen molar-refractivity contribution in [1.29, 1.82) is 0 Å². The minimum atomic E-state index is 0.547. The molecule has 2 heterocycles. The normalized spacial score (nSPS) is 23.4. The van der Waals surface area contributed by atoms with Gasteiger partial charge in [0, 0.05) is 30.6 Å². The largest absolute Gasteiger partial charge is 0.383 e. The van der Waals surface area contributed by atoms with E-state index in [-0.39, 0.29) is 0 Å². The fourth-order valence-corrected chi connectivity index (χ4v) is 2.94. The molecule has 1 unspecified atom stereocenters. The zero-order valence-electron chi connectivity index (χ0n) is 12.8. The van der Waals surface area contributed by atoms with E-state index in [4.69, 9.17) is 10.7 Å². The van der Waals surface area contributed by atoms with Crippen molar-refractivity contribution in [1.82, 2.24) is 14.9 Å². The number of anilines is 2. The van der Waals surface area contributed by atoms with Crippen LogP contribution < -0.4 is 10.6 Å². The molecule has 1 atom stereocenters. The first-order chi connectivity index (χ1) is 9.56. The first-order valence-corrected chi connectivity index (χ1v) is 7.61. The first-order valence-electron chi connectivity index (χ1n) is 7.61. The summed E-state index contributed by atoms with van der Waals surface area (Å²) in [6.45, 7) is 4.15. The zero-order chi connectivity index (χ0) is 14.3. The molecule has 0 radical (unpaired) electrons. The summed E-state index contributed by atoms with van der Waals surface area (Å²) in [5.74, 6) is 3.22. The van der Waals surface area contributed by atoms with Gasteiger partial charge in [-0.05, 0) is 46.7 Å². The zero-order valence-corrected chi connectivity index (χ0v) is 12.8. The summed E-state index contributed by atoms with van der Waals surface area (Å²) < 4.78 is 0. The SMILES string of the molecule is Cc1c(N)nc(C2CC2)nc1N1CCCC(N(C)C)C1. The maximum absolute atomic E-state index is 6.10. The van der Waals surface area contributed by atoms with E-state index in [0.29, 0.717) is 17.8 Å². The Morgan fingerprint density at radius 3 is 2.60 bits per heavy atom. The van der Waals surface area contributed by atoms with Gasteiger partial charge in [0.1, 0.15) is 17.5 Å². The van der Waals surface area contributed by atoms with Gasteiger partial charge in [0.05, 0.1) is 0 Å². The van der Waals surface area contributed by atoms with E-state index in [2.05, 4.69) is 28.9 Å². The molecule has 0 amide bonds. The number of piperidine rings is 1. The molecule has 0 bridgehead atoms. The Kier molecular flexibility index (Phi) is 3.54. The highest BCUT2D eigenvalue weighted by Gasteiger charge is 2.30. The standard InChI is InChI=1S/C15H25N5/c1-10-13(16)17-14(11-6-7-11)18-15(10)20-8-4-5-12(9-20)19(2)3/h11-12H,4-9H2,1-3H3,(H2,16,17,18). The van der Waals surface area contributed by atoms with Gasteiger partial charge in [-0.15, -0.1) is 0 Å². The molecule has 1 saturated carbocycles. The molecule has 1 saturated heterocycles. The molecule has 2 fully saturated rings. The molecule has 5 nitrogen and oxygen atoms in total. The fourth-order valence-electron chi connectivity index (χ4n) is 2.94. The average Bonchev–Trinajstić information content (AvgIpc) is 3.26. The number of rotatable bonds is 3. The van der Waals surface area contributed by atoms with Crippen LogP contribution in [0.1, 0.15) is 43.0 Å². The number of aromatic nitrogens is 2. The van der Waals surface area contributed by atoms with Crippen molar-refractivity contribution in [3.8, 4) is 0 Å². The lowest BCUT2D eigenvalue weighted by atomic mass is 10.0. The Balaban J connectivity index is 1.88. The minimum Gasteiger partial charge on any atom is -0.383 e. The van der Waals surface area contributed by atoms with Crippen LogP contribution in [0.3, 0.4) is 0 Å². The van der Waals surface area contributed by atoms with E-state index >= 15 is 0 Å². The van der Waals surface area contributed by atoms with E-state index < -0.39 is 0 Å². The van der Waals surface area contributed by atoms with Crippen molar-refractivity contribution in [2.24, 2.45) is 0 Å². The van der Waals surface area contributed by atoms with Gasteiger partial charge in [0.15, 0.2) is 0 Å². The fraction of sp³-hybridized carbons (Fsp3) is 0.733. The van der Waals surface area contributed by atoms with Gasteiger partial charge in [-0.3, -0.25) is 0 Å². The summed E-state index contributed by atoms with van der Waals surface area (Å²) in [7, 11) is 4.32. The molecule has 20 heavy (non-hydrogen) atoms. The van der Waals surface area contributed by atoms with E-state index in [9.17, 15) is 0 Å². The number of hydrogen-bond donors (Lipinski definition) is 1. The van der Waals surface area contributed by atoms with Crippen molar-refractivity contribution in [2.45, 2.75) is 44.6 Å². The summed E-state index contributed by atoms with van der Waals surface area (Å²) in [4.78, 5) is 14.0. The lowest BCUT2D eigenvalue weighted by Crippen LogP contribution is -2.45. The minimum absolute atomic E-state index is 0.547. The molecule has 1 aliphatic carbocycles. The quantitative estimate of drug-likeness (QED) is 0.911. The van der Waals surface area contributed by atoms with Crippen molar-refractivity contribution in [2.75, 3.05) is 37.8 Å². The summed E-state index contributed by atoms with van der Waals surface area (Å²) >= 11 is 0. The molecular formula is C15H25N5. The van der Waals surface area contributed by atoms with Crippen LogP contribution in [0.5, 0.6) is 0 Å². The van der Waals surface area contributed by atoms with Gasteiger partial charge in [-0.2, -0.15) is 0 Å². The van der Waals surface area contributed by atoms with Crippen LogP contribution in [0.4, 0.5) is 11.6 Å². The third kappa shape index (κ3) is 2.59. The maximum Gasteiger partial charge on any atom is 0.137 e. The Bertz CT molecular complexity index is 495. The van der Waals surface area contributed by atoms with Crippen LogP contribution in [0.25, 0.3) is 0 Å². The smallest absolute Gasteiger partial charge is 0.137 e. The molecule has 1 aromatic heterocycles. The van der Waals surface area contributed by atoms with Crippen LogP contribution in [-0.2, 0) is 0 Å². The number of nitrogens with two attached hydrogens (primary N) is 1.